The lowest BCUT2D eigenvalue weighted by molar-refractivity contribution is -0.123. The Morgan fingerprint density at radius 3 is 2.56 bits per heavy atom. The summed E-state index contributed by atoms with van der Waals surface area (Å²) >= 11 is 0. The van der Waals surface area contributed by atoms with Gasteiger partial charge in [0.15, 0.2) is 5.78 Å². The summed E-state index contributed by atoms with van der Waals surface area (Å²) < 4.78 is 0. The fourth-order valence-electron chi connectivity index (χ4n) is 0.472. The van der Waals surface area contributed by atoms with Crippen LogP contribution in [0.4, 0.5) is 0 Å². The molecule has 0 aliphatic heterocycles. The van der Waals surface area contributed by atoms with Crippen molar-refractivity contribution in [1.82, 2.24) is 0 Å². The lowest BCUT2D eigenvalue weighted by atomic mass is 10.1. The number of hydrogen-bond acceptors (Lipinski definition) is 3. The Balaban J connectivity index is 3.34. The average Bonchev–Trinajstić information content (AvgIpc) is 1.87. The van der Waals surface area contributed by atoms with E-state index in [1.165, 1.54) is 0 Å². The third-order valence-electron chi connectivity index (χ3n) is 1.11. The molecule has 54 valence electrons. The third kappa shape index (κ3) is 4.12. The summed E-state index contributed by atoms with van der Waals surface area (Å²) in [4.78, 5) is 10.4. The second-order valence-corrected chi connectivity index (χ2v) is 1.96. The zero-order valence-corrected chi connectivity index (χ0v) is 5.50. The van der Waals surface area contributed by atoms with Gasteiger partial charge in [0.25, 0.3) is 0 Å². The Bertz CT molecular complexity index is 90.3. The van der Waals surface area contributed by atoms with Gasteiger partial charge in [0.05, 0.1) is 6.10 Å². The van der Waals surface area contributed by atoms with E-state index in [0.29, 0.717) is 6.42 Å². The molecule has 0 saturated heterocycles. The number of ketones is 1. The van der Waals surface area contributed by atoms with Crippen molar-refractivity contribution in [2.75, 3.05) is 6.61 Å². The van der Waals surface area contributed by atoms with E-state index >= 15 is 0 Å². The van der Waals surface area contributed by atoms with Gasteiger partial charge in [-0.15, -0.1) is 0 Å². The maximum atomic E-state index is 10.4. The van der Waals surface area contributed by atoms with E-state index in [4.69, 9.17) is 10.2 Å². The second kappa shape index (κ2) is 4.47. The minimum absolute atomic E-state index is 0.0764. The Morgan fingerprint density at radius 1 is 1.67 bits per heavy atom. The molecule has 0 spiro atoms. The van der Waals surface area contributed by atoms with E-state index in [2.05, 4.69) is 0 Å². The standard InChI is InChI=1S/C6H12O3/c1-2-5(8)3-6(9)4-7/h5,7-8H,2-4H2,1H3. The van der Waals surface area contributed by atoms with E-state index in [0.717, 1.165) is 0 Å². The zero-order chi connectivity index (χ0) is 7.28. The summed E-state index contributed by atoms with van der Waals surface area (Å²) in [5.74, 6) is -0.302. The van der Waals surface area contributed by atoms with Crippen LogP contribution in [0.2, 0.25) is 0 Å². The van der Waals surface area contributed by atoms with Gasteiger partial charge >= 0.3 is 0 Å². The number of hydrogen-bond donors (Lipinski definition) is 2. The quantitative estimate of drug-likeness (QED) is 0.552. The fraction of sp³-hybridized carbons (Fsp3) is 0.833. The van der Waals surface area contributed by atoms with Crippen molar-refractivity contribution < 1.29 is 15.0 Å². The maximum absolute atomic E-state index is 10.4. The van der Waals surface area contributed by atoms with Crippen molar-refractivity contribution >= 4 is 5.78 Å². The Kier molecular flexibility index (Phi) is 4.26. The van der Waals surface area contributed by atoms with Crippen LogP contribution in [-0.2, 0) is 4.79 Å². The smallest absolute Gasteiger partial charge is 0.160 e. The van der Waals surface area contributed by atoms with Crippen LogP contribution < -0.4 is 0 Å². The van der Waals surface area contributed by atoms with Crippen LogP contribution in [0.3, 0.4) is 0 Å². The van der Waals surface area contributed by atoms with Gasteiger partial charge < -0.3 is 10.2 Å². The average molecular weight is 132 g/mol. The van der Waals surface area contributed by atoms with Crippen LogP contribution in [0.1, 0.15) is 19.8 Å². The van der Waals surface area contributed by atoms with Gasteiger partial charge in [-0.3, -0.25) is 4.79 Å². The monoisotopic (exact) mass is 132 g/mol. The molecule has 0 radical (unpaired) electrons. The van der Waals surface area contributed by atoms with Gasteiger partial charge in [0, 0.05) is 6.42 Å². The first-order chi connectivity index (χ1) is 4.20. The highest BCUT2D eigenvalue weighted by atomic mass is 16.3. The highest BCUT2D eigenvalue weighted by Gasteiger charge is 2.05. The number of aliphatic hydroxyl groups is 2. The van der Waals surface area contributed by atoms with Crippen LogP contribution in [0.15, 0.2) is 0 Å². The molecule has 0 amide bonds. The predicted octanol–water partition coefficient (Wildman–Crippen LogP) is -0.291. The second-order valence-electron chi connectivity index (χ2n) is 1.96. The molecule has 0 aromatic carbocycles. The van der Waals surface area contributed by atoms with Gasteiger partial charge in [-0.1, -0.05) is 6.92 Å². The number of rotatable bonds is 4. The molecule has 3 nitrogen and oxygen atoms in total. The molecule has 1 atom stereocenters. The third-order valence-corrected chi connectivity index (χ3v) is 1.11. The van der Waals surface area contributed by atoms with Gasteiger partial charge in [-0.05, 0) is 6.42 Å². The van der Waals surface area contributed by atoms with Crippen molar-refractivity contribution in [2.45, 2.75) is 25.9 Å². The molecule has 0 heterocycles. The van der Waals surface area contributed by atoms with Crippen molar-refractivity contribution in [3.8, 4) is 0 Å². The van der Waals surface area contributed by atoms with Crippen LogP contribution >= 0.6 is 0 Å². The van der Waals surface area contributed by atoms with Gasteiger partial charge in [-0.2, -0.15) is 0 Å². The Hall–Kier alpha value is -0.410. The topological polar surface area (TPSA) is 57.5 Å². The molecule has 0 saturated carbocycles. The number of carbonyl (C=O) groups excluding carboxylic acids is 1. The summed E-state index contributed by atoms with van der Waals surface area (Å²) in [6, 6.07) is 0. The summed E-state index contributed by atoms with van der Waals surface area (Å²) in [7, 11) is 0. The molecule has 9 heavy (non-hydrogen) atoms. The molecule has 3 heteroatoms. The molecule has 0 aliphatic carbocycles. The summed E-state index contributed by atoms with van der Waals surface area (Å²) in [6.07, 6.45) is 0.0586. The molecule has 0 aliphatic rings. The molecule has 0 aromatic rings. The highest BCUT2D eigenvalue weighted by Crippen LogP contribution is 1.96. The van der Waals surface area contributed by atoms with Crippen LogP contribution in [-0.4, -0.2) is 28.7 Å². The summed E-state index contributed by atoms with van der Waals surface area (Å²) in [5.41, 5.74) is 0. The minimum Gasteiger partial charge on any atom is -0.393 e. The summed E-state index contributed by atoms with van der Waals surface area (Å²) in [6.45, 7) is 1.33. The lowest BCUT2D eigenvalue weighted by Crippen LogP contribution is -2.14. The zero-order valence-electron chi connectivity index (χ0n) is 5.50. The Labute approximate surface area is 54.3 Å². The molecule has 0 aromatic heterocycles. The first-order valence-electron chi connectivity index (χ1n) is 3.01. The maximum Gasteiger partial charge on any atom is 0.160 e. The number of Topliss-reactive ketones (excluding diaryl/α,β-unsaturated/α-hetero) is 1. The molecule has 1 unspecified atom stereocenters. The Morgan fingerprint density at radius 2 is 2.22 bits per heavy atom. The van der Waals surface area contributed by atoms with Crippen molar-refractivity contribution in [3.63, 3.8) is 0 Å². The van der Waals surface area contributed by atoms with Crippen LogP contribution in [0.25, 0.3) is 0 Å². The minimum atomic E-state index is -0.579. The number of carbonyl (C=O) groups is 1. The summed E-state index contributed by atoms with van der Waals surface area (Å²) in [5, 5.41) is 17.0. The van der Waals surface area contributed by atoms with E-state index in [1.54, 1.807) is 6.92 Å². The molecule has 0 rings (SSSR count). The molecular weight excluding hydrogens is 120 g/mol. The first kappa shape index (κ1) is 8.59. The van der Waals surface area contributed by atoms with Gasteiger partial charge in [0.2, 0.25) is 0 Å². The van der Waals surface area contributed by atoms with E-state index in [9.17, 15) is 4.79 Å². The predicted molar refractivity (Wildman–Crippen MR) is 33.0 cm³/mol. The first-order valence-corrected chi connectivity index (χ1v) is 3.01. The molecular formula is C6H12O3. The van der Waals surface area contributed by atoms with E-state index in [-0.39, 0.29) is 12.2 Å². The fourth-order valence-corrected chi connectivity index (χ4v) is 0.472. The normalized spacial score (nSPS) is 13.2. The van der Waals surface area contributed by atoms with Crippen molar-refractivity contribution in [1.29, 1.82) is 0 Å². The molecule has 0 bridgehead atoms. The van der Waals surface area contributed by atoms with Gasteiger partial charge in [-0.25, -0.2) is 0 Å². The molecule has 0 fully saturated rings. The van der Waals surface area contributed by atoms with Crippen molar-refractivity contribution in [3.05, 3.63) is 0 Å². The molecule has 2 N–H and O–H groups in total. The SMILES string of the molecule is CCC(O)CC(=O)CO. The highest BCUT2D eigenvalue weighted by molar-refractivity contribution is 5.79. The van der Waals surface area contributed by atoms with Crippen molar-refractivity contribution in [2.24, 2.45) is 0 Å². The largest absolute Gasteiger partial charge is 0.393 e. The lowest BCUT2D eigenvalue weighted by Gasteiger charge is -2.02. The van der Waals surface area contributed by atoms with Crippen LogP contribution in [0, 0.1) is 0 Å². The van der Waals surface area contributed by atoms with Gasteiger partial charge in [0.1, 0.15) is 6.61 Å². The van der Waals surface area contributed by atoms with E-state index < -0.39 is 12.7 Å². The van der Waals surface area contributed by atoms with E-state index in [1.807, 2.05) is 0 Å². The van der Waals surface area contributed by atoms with Crippen LogP contribution in [0.5, 0.6) is 0 Å². The number of aliphatic hydroxyl groups excluding tert-OH is 2.